The summed E-state index contributed by atoms with van der Waals surface area (Å²) in [6, 6.07) is 14.4. The molecule has 4 rings (SSSR count). The van der Waals surface area contributed by atoms with Gasteiger partial charge in [0.1, 0.15) is 20.8 Å². The number of benzene rings is 2. The highest BCUT2D eigenvalue weighted by molar-refractivity contribution is 7.21. The Hall–Kier alpha value is -2.51. The molecule has 2 aromatic carbocycles. The molecule has 7 heteroatoms. The molecule has 1 N–H and O–H groups in total. The maximum atomic E-state index is 5.57. The lowest BCUT2D eigenvalue weighted by Crippen LogP contribution is -1.98. The summed E-state index contributed by atoms with van der Waals surface area (Å²) in [4.78, 5) is 4.74. The molecule has 2 aromatic heterocycles. The van der Waals surface area contributed by atoms with Gasteiger partial charge >= 0.3 is 0 Å². The molecule has 0 bridgehead atoms. The van der Waals surface area contributed by atoms with Crippen molar-refractivity contribution >= 4 is 38.6 Å². The minimum absolute atomic E-state index is 0.669. The van der Waals surface area contributed by atoms with Gasteiger partial charge in [0.25, 0.3) is 0 Å². The van der Waals surface area contributed by atoms with Crippen molar-refractivity contribution in [2.45, 2.75) is 20.4 Å². The molecule has 2 heterocycles. The van der Waals surface area contributed by atoms with Gasteiger partial charge in [-0.15, -0.1) is 21.5 Å². The summed E-state index contributed by atoms with van der Waals surface area (Å²) in [6.45, 7) is 5.31. The van der Waals surface area contributed by atoms with E-state index in [-0.39, 0.29) is 0 Å². The highest BCUT2D eigenvalue weighted by atomic mass is 32.1. The molecule has 0 aliphatic rings. The van der Waals surface area contributed by atoms with Gasteiger partial charge in [0.2, 0.25) is 0 Å². The van der Waals surface area contributed by atoms with E-state index in [1.807, 2.05) is 26.0 Å². The van der Waals surface area contributed by atoms with Gasteiger partial charge in [-0.05, 0) is 56.3 Å². The molecule has 26 heavy (non-hydrogen) atoms. The summed E-state index contributed by atoms with van der Waals surface area (Å²) >= 11 is 3.29. The van der Waals surface area contributed by atoms with Gasteiger partial charge < -0.3 is 10.1 Å². The van der Waals surface area contributed by atoms with Gasteiger partial charge in [-0.25, -0.2) is 4.98 Å². The van der Waals surface area contributed by atoms with Crippen LogP contribution in [0, 0.1) is 6.92 Å². The van der Waals surface area contributed by atoms with E-state index in [4.69, 9.17) is 9.72 Å². The van der Waals surface area contributed by atoms with Crippen molar-refractivity contribution in [3.8, 4) is 16.3 Å². The molecule has 0 saturated heterocycles. The number of aryl methyl sites for hydroxylation is 1. The highest BCUT2D eigenvalue weighted by Gasteiger charge is 2.08. The lowest BCUT2D eigenvalue weighted by Gasteiger charge is -2.04. The summed E-state index contributed by atoms with van der Waals surface area (Å²) in [6.07, 6.45) is 0. The van der Waals surface area contributed by atoms with Gasteiger partial charge in [0.05, 0.1) is 23.4 Å². The lowest BCUT2D eigenvalue weighted by molar-refractivity contribution is 0.341. The normalized spacial score (nSPS) is 11.0. The standard InChI is InChI=1S/C19H18N4OS2/c1-3-24-15-8-9-16-17(10-15)26-19(21-16)13-4-6-14(7-5-13)20-11-18-23-22-12(2)25-18/h4-10,20H,3,11H2,1-2H3. The average molecular weight is 383 g/mol. The molecule has 0 atom stereocenters. The Morgan fingerprint density at radius 2 is 1.88 bits per heavy atom. The van der Waals surface area contributed by atoms with Crippen molar-refractivity contribution in [1.82, 2.24) is 15.2 Å². The SMILES string of the molecule is CCOc1ccc2nc(-c3ccc(NCc4nnc(C)s4)cc3)sc2c1. The van der Waals surface area contributed by atoms with Crippen molar-refractivity contribution in [3.05, 3.63) is 52.5 Å². The molecule has 0 fully saturated rings. The monoisotopic (exact) mass is 382 g/mol. The largest absolute Gasteiger partial charge is 0.494 e. The van der Waals surface area contributed by atoms with E-state index in [0.717, 1.165) is 42.2 Å². The van der Waals surface area contributed by atoms with Crippen molar-refractivity contribution in [2.75, 3.05) is 11.9 Å². The number of thiazole rings is 1. The van der Waals surface area contributed by atoms with Crippen molar-refractivity contribution < 1.29 is 4.74 Å². The first kappa shape index (κ1) is 16.9. The second-order valence-corrected chi connectivity index (χ2v) is 8.02. The smallest absolute Gasteiger partial charge is 0.136 e. The zero-order valence-electron chi connectivity index (χ0n) is 14.5. The molecular weight excluding hydrogens is 364 g/mol. The fraction of sp³-hybridized carbons (Fsp3) is 0.211. The summed E-state index contributed by atoms with van der Waals surface area (Å²) in [5.41, 5.74) is 3.17. The van der Waals surface area contributed by atoms with Crippen LogP contribution in [0.2, 0.25) is 0 Å². The first-order valence-electron chi connectivity index (χ1n) is 8.38. The molecule has 0 amide bonds. The quantitative estimate of drug-likeness (QED) is 0.501. The van der Waals surface area contributed by atoms with Crippen molar-refractivity contribution in [3.63, 3.8) is 0 Å². The molecule has 5 nitrogen and oxygen atoms in total. The maximum absolute atomic E-state index is 5.57. The Labute approximate surface area is 159 Å². The van der Waals surface area contributed by atoms with Crippen LogP contribution in [-0.4, -0.2) is 21.8 Å². The van der Waals surface area contributed by atoms with Crippen LogP contribution in [0.25, 0.3) is 20.8 Å². The topological polar surface area (TPSA) is 59.9 Å². The number of nitrogens with one attached hydrogen (secondary N) is 1. The minimum Gasteiger partial charge on any atom is -0.494 e. The molecule has 0 aliphatic carbocycles. The first-order chi connectivity index (χ1) is 12.7. The fourth-order valence-corrected chi connectivity index (χ4v) is 4.25. The van der Waals surface area contributed by atoms with E-state index in [9.17, 15) is 0 Å². The Bertz CT molecular complexity index is 1020. The van der Waals surface area contributed by atoms with Crippen LogP contribution in [0.1, 0.15) is 16.9 Å². The van der Waals surface area contributed by atoms with Crippen LogP contribution in [0.4, 0.5) is 5.69 Å². The Morgan fingerprint density at radius 3 is 2.62 bits per heavy atom. The van der Waals surface area contributed by atoms with E-state index >= 15 is 0 Å². The summed E-state index contributed by atoms with van der Waals surface area (Å²) in [5.74, 6) is 0.890. The number of ether oxygens (including phenoxy) is 1. The van der Waals surface area contributed by atoms with Gasteiger partial charge in [0, 0.05) is 11.3 Å². The Kier molecular flexibility index (Phi) is 4.81. The van der Waals surface area contributed by atoms with E-state index < -0.39 is 0 Å². The van der Waals surface area contributed by atoms with E-state index in [1.54, 1.807) is 22.7 Å². The molecule has 132 valence electrons. The summed E-state index contributed by atoms with van der Waals surface area (Å²) in [7, 11) is 0. The van der Waals surface area contributed by atoms with Gasteiger partial charge in [-0.1, -0.05) is 11.3 Å². The predicted molar refractivity (Wildman–Crippen MR) is 108 cm³/mol. The van der Waals surface area contributed by atoms with Crippen molar-refractivity contribution in [1.29, 1.82) is 0 Å². The molecule has 0 saturated carbocycles. The summed E-state index contributed by atoms with van der Waals surface area (Å²) < 4.78 is 6.71. The van der Waals surface area contributed by atoms with Crippen molar-refractivity contribution in [2.24, 2.45) is 0 Å². The minimum atomic E-state index is 0.669. The Morgan fingerprint density at radius 1 is 1.04 bits per heavy atom. The summed E-state index contributed by atoms with van der Waals surface area (Å²) in [5, 5.41) is 14.5. The van der Waals surface area contributed by atoms with Gasteiger partial charge in [-0.2, -0.15) is 0 Å². The third-order valence-electron chi connectivity index (χ3n) is 3.81. The zero-order chi connectivity index (χ0) is 17.9. The van der Waals surface area contributed by atoms with E-state index in [0.29, 0.717) is 13.2 Å². The first-order valence-corrected chi connectivity index (χ1v) is 10.0. The molecule has 0 radical (unpaired) electrons. The molecule has 0 aliphatic heterocycles. The number of fused-ring (bicyclic) bond motifs is 1. The number of anilines is 1. The van der Waals surface area contributed by atoms with Crippen LogP contribution >= 0.6 is 22.7 Å². The van der Waals surface area contributed by atoms with Crippen LogP contribution in [0.3, 0.4) is 0 Å². The highest BCUT2D eigenvalue weighted by Crippen LogP contribution is 2.32. The predicted octanol–water partition coefficient (Wildman–Crippen LogP) is 5.13. The van der Waals surface area contributed by atoms with E-state index in [2.05, 4.69) is 45.8 Å². The second kappa shape index (κ2) is 7.39. The number of nitrogens with zero attached hydrogens (tertiary/aromatic N) is 3. The molecule has 0 unspecified atom stereocenters. The average Bonchev–Trinajstić information content (AvgIpc) is 3.26. The number of hydrogen-bond donors (Lipinski definition) is 1. The van der Waals surface area contributed by atoms with Gasteiger partial charge in [-0.3, -0.25) is 0 Å². The third-order valence-corrected chi connectivity index (χ3v) is 5.72. The van der Waals surface area contributed by atoms with Crippen LogP contribution in [-0.2, 0) is 6.54 Å². The Balaban J connectivity index is 1.49. The van der Waals surface area contributed by atoms with Gasteiger partial charge in [0.15, 0.2) is 0 Å². The van der Waals surface area contributed by atoms with E-state index in [1.165, 1.54) is 0 Å². The number of aromatic nitrogens is 3. The fourth-order valence-electron chi connectivity index (χ4n) is 2.60. The lowest BCUT2D eigenvalue weighted by atomic mass is 10.2. The van der Waals surface area contributed by atoms with Crippen LogP contribution in [0.15, 0.2) is 42.5 Å². The second-order valence-electron chi connectivity index (χ2n) is 5.73. The third kappa shape index (κ3) is 3.68. The molecular formula is C19H18N4OS2. The molecule has 0 spiro atoms. The number of rotatable bonds is 6. The maximum Gasteiger partial charge on any atom is 0.136 e. The zero-order valence-corrected chi connectivity index (χ0v) is 16.2. The van der Waals surface area contributed by atoms with Crippen LogP contribution in [0.5, 0.6) is 5.75 Å². The van der Waals surface area contributed by atoms with Crippen LogP contribution < -0.4 is 10.1 Å². The number of hydrogen-bond acceptors (Lipinski definition) is 7. The molecule has 4 aromatic rings.